The number of hydrogen-bond acceptors (Lipinski definition) is 5. The van der Waals surface area contributed by atoms with Gasteiger partial charge in [0.2, 0.25) is 5.91 Å². The van der Waals surface area contributed by atoms with Crippen molar-refractivity contribution in [1.82, 2.24) is 20.1 Å². The zero-order chi connectivity index (χ0) is 16.9. The second-order valence-electron chi connectivity index (χ2n) is 5.43. The van der Waals surface area contributed by atoms with Gasteiger partial charge < -0.3 is 5.32 Å². The molecule has 0 saturated carbocycles. The van der Waals surface area contributed by atoms with Gasteiger partial charge in [0.15, 0.2) is 0 Å². The third-order valence-corrected chi connectivity index (χ3v) is 6.15. The minimum Gasteiger partial charge on any atom is -0.356 e. The van der Waals surface area contributed by atoms with E-state index in [1.54, 1.807) is 27.4 Å². The molecule has 3 rings (SSSR count). The summed E-state index contributed by atoms with van der Waals surface area (Å²) in [6.45, 7) is 0.669. The molecule has 0 radical (unpaired) electrons. The van der Waals surface area contributed by atoms with Crippen LogP contribution in [0.4, 0.5) is 0 Å². The summed E-state index contributed by atoms with van der Waals surface area (Å²) >= 11 is 6.67. The Bertz CT molecular complexity index is 824. The first-order valence-corrected chi connectivity index (χ1v) is 10.1. The van der Waals surface area contributed by atoms with Crippen molar-refractivity contribution in [3.05, 3.63) is 45.0 Å². The van der Waals surface area contributed by atoms with Gasteiger partial charge in [-0.25, -0.2) is 4.98 Å². The highest BCUT2D eigenvalue weighted by Gasteiger charge is 2.10. The lowest BCUT2D eigenvalue weighted by Crippen LogP contribution is -2.26. The molecule has 0 atom stereocenters. The van der Waals surface area contributed by atoms with Crippen LogP contribution in [0, 0.1) is 0 Å². The van der Waals surface area contributed by atoms with E-state index in [1.807, 2.05) is 36.3 Å². The lowest BCUT2D eigenvalue weighted by Gasteiger charge is -2.03. The van der Waals surface area contributed by atoms with E-state index in [0.717, 1.165) is 32.9 Å². The van der Waals surface area contributed by atoms with Crippen molar-refractivity contribution in [3.63, 3.8) is 0 Å². The van der Waals surface area contributed by atoms with Crippen LogP contribution in [0.3, 0.4) is 0 Å². The summed E-state index contributed by atoms with van der Waals surface area (Å²) in [5.41, 5.74) is 2.02. The summed E-state index contributed by atoms with van der Waals surface area (Å²) in [5.74, 6) is 0.0189. The van der Waals surface area contributed by atoms with Gasteiger partial charge in [-0.05, 0) is 40.4 Å². The number of amides is 1. The molecular weight excluding hydrogens is 408 g/mol. The second kappa shape index (κ2) is 8.04. The number of rotatable bonds is 7. The number of aryl methyl sites for hydroxylation is 2. The van der Waals surface area contributed by atoms with Crippen LogP contribution < -0.4 is 5.32 Å². The van der Waals surface area contributed by atoms with Crippen LogP contribution in [0.25, 0.3) is 9.88 Å². The van der Waals surface area contributed by atoms with Gasteiger partial charge in [0.25, 0.3) is 0 Å². The Balaban J connectivity index is 1.42. The number of halogens is 1. The van der Waals surface area contributed by atoms with Crippen molar-refractivity contribution < 1.29 is 4.79 Å². The van der Waals surface area contributed by atoms with Crippen LogP contribution in [0.15, 0.2) is 33.7 Å². The average Bonchev–Trinajstić information content (AvgIpc) is 3.26. The first kappa shape index (κ1) is 17.3. The van der Waals surface area contributed by atoms with Crippen molar-refractivity contribution in [2.45, 2.75) is 19.3 Å². The first-order valence-electron chi connectivity index (χ1n) is 7.53. The van der Waals surface area contributed by atoms with Crippen LogP contribution in [-0.4, -0.2) is 27.2 Å². The van der Waals surface area contributed by atoms with Crippen molar-refractivity contribution in [3.8, 4) is 9.88 Å². The van der Waals surface area contributed by atoms with Crippen LogP contribution in [0.1, 0.15) is 17.7 Å². The Hall–Kier alpha value is -1.51. The molecule has 0 bridgehead atoms. The van der Waals surface area contributed by atoms with Crippen LogP contribution in [0.5, 0.6) is 0 Å². The molecule has 8 heteroatoms. The quantitative estimate of drug-likeness (QED) is 0.588. The zero-order valence-corrected chi connectivity index (χ0v) is 16.4. The van der Waals surface area contributed by atoms with Crippen molar-refractivity contribution in [2.24, 2.45) is 7.05 Å². The molecule has 0 aromatic carbocycles. The molecule has 3 aromatic heterocycles. The highest BCUT2D eigenvalue weighted by atomic mass is 79.9. The van der Waals surface area contributed by atoms with Gasteiger partial charge in [-0.1, -0.05) is 0 Å². The largest absolute Gasteiger partial charge is 0.356 e. The number of aromatic nitrogens is 3. The van der Waals surface area contributed by atoms with Crippen LogP contribution >= 0.6 is 38.6 Å². The average molecular weight is 425 g/mol. The van der Waals surface area contributed by atoms with E-state index < -0.39 is 0 Å². The monoisotopic (exact) mass is 424 g/mol. The summed E-state index contributed by atoms with van der Waals surface area (Å²) in [4.78, 5) is 17.7. The molecule has 5 nitrogen and oxygen atoms in total. The third kappa shape index (κ3) is 4.75. The number of carbonyl (C=O) groups is 1. The van der Waals surface area contributed by atoms with E-state index in [4.69, 9.17) is 0 Å². The molecule has 3 heterocycles. The molecule has 1 N–H and O–H groups in total. The topological polar surface area (TPSA) is 59.8 Å². The van der Waals surface area contributed by atoms with E-state index in [9.17, 15) is 4.79 Å². The fraction of sp³-hybridized carbons (Fsp3) is 0.312. The molecule has 1 amide bonds. The van der Waals surface area contributed by atoms with Gasteiger partial charge in [-0.15, -0.1) is 22.7 Å². The lowest BCUT2D eigenvalue weighted by atomic mass is 10.2. The van der Waals surface area contributed by atoms with E-state index in [-0.39, 0.29) is 5.91 Å². The molecule has 3 aromatic rings. The summed E-state index contributed by atoms with van der Waals surface area (Å²) in [6.07, 6.45) is 6.02. The van der Waals surface area contributed by atoms with Crippen LogP contribution in [0.2, 0.25) is 0 Å². The predicted octanol–water partition coefficient (Wildman–Crippen LogP) is 3.66. The fourth-order valence-corrected chi connectivity index (χ4v) is 4.60. The standard InChI is InChI=1S/C16H17BrN4OS2/c1-21-8-11(7-19-21)3-2-4-18-15(22)6-13-10-24-16(20-13)14-5-12(17)9-23-14/h5,7-10H,2-4,6H2,1H3,(H,18,22). The number of nitrogens with one attached hydrogen (secondary N) is 1. The second-order valence-corrected chi connectivity index (χ2v) is 8.11. The molecule has 0 aliphatic heterocycles. The van der Waals surface area contributed by atoms with Gasteiger partial charge in [-0.3, -0.25) is 9.48 Å². The maximum atomic E-state index is 12.0. The Labute approximate surface area is 156 Å². The highest BCUT2D eigenvalue weighted by molar-refractivity contribution is 9.10. The lowest BCUT2D eigenvalue weighted by molar-refractivity contribution is -0.120. The van der Waals surface area contributed by atoms with Crippen molar-refractivity contribution in [1.29, 1.82) is 0 Å². The van der Waals surface area contributed by atoms with Crippen molar-refractivity contribution in [2.75, 3.05) is 6.54 Å². The SMILES string of the molecule is Cn1cc(CCCNC(=O)Cc2csc(-c3cc(Br)cs3)n2)cn1. The number of thiazole rings is 1. The predicted molar refractivity (Wildman–Crippen MR) is 101 cm³/mol. The summed E-state index contributed by atoms with van der Waals surface area (Å²) in [7, 11) is 1.91. The fourth-order valence-electron chi connectivity index (χ4n) is 2.27. The van der Waals surface area contributed by atoms with E-state index >= 15 is 0 Å². The minimum atomic E-state index is 0.0189. The number of carbonyl (C=O) groups excluding carboxylic acids is 1. The maximum absolute atomic E-state index is 12.0. The Morgan fingerprint density at radius 1 is 1.38 bits per heavy atom. The summed E-state index contributed by atoms with van der Waals surface area (Å²) in [6, 6.07) is 2.05. The molecule has 0 aliphatic carbocycles. The number of thiophene rings is 1. The molecule has 0 saturated heterocycles. The van der Waals surface area contributed by atoms with E-state index in [0.29, 0.717) is 13.0 Å². The number of hydrogen-bond donors (Lipinski definition) is 1. The first-order chi connectivity index (χ1) is 11.6. The van der Waals surface area contributed by atoms with Gasteiger partial charge >= 0.3 is 0 Å². The molecule has 0 fully saturated rings. The van der Waals surface area contributed by atoms with Crippen molar-refractivity contribution >= 4 is 44.5 Å². The summed E-state index contributed by atoms with van der Waals surface area (Å²) in [5, 5.41) is 12.0. The normalized spacial score (nSPS) is 10.9. The smallest absolute Gasteiger partial charge is 0.226 e. The Morgan fingerprint density at radius 2 is 2.25 bits per heavy atom. The van der Waals surface area contributed by atoms with Crippen LogP contribution in [-0.2, 0) is 24.7 Å². The van der Waals surface area contributed by atoms with Gasteiger partial charge in [-0.2, -0.15) is 5.10 Å². The van der Waals surface area contributed by atoms with Gasteiger partial charge in [0, 0.05) is 35.0 Å². The zero-order valence-electron chi connectivity index (χ0n) is 13.2. The molecule has 126 valence electrons. The molecule has 24 heavy (non-hydrogen) atoms. The highest BCUT2D eigenvalue weighted by Crippen LogP contribution is 2.32. The van der Waals surface area contributed by atoms with E-state index in [2.05, 4.69) is 31.3 Å². The summed E-state index contributed by atoms with van der Waals surface area (Å²) < 4.78 is 2.85. The molecule has 0 aliphatic rings. The maximum Gasteiger partial charge on any atom is 0.226 e. The Kier molecular flexibility index (Phi) is 5.80. The Morgan fingerprint density at radius 3 is 2.96 bits per heavy atom. The van der Waals surface area contributed by atoms with E-state index in [1.165, 1.54) is 5.56 Å². The third-order valence-electron chi connectivity index (χ3n) is 3.39. The number of nitrogens with zero attached hydrogens (tertiary/aromatic N) is 3. The molecule has 0 spiro atoms. The van der Waals surface area contributed by atoms with Gasteiger partial charge in [0.05, 0.1) is 23.2 Å². The minimum absolute atomic E-state index is 0.0189. The molecule has 0 unspecified atom stereocenters. The van der Waals surface area contributed by atoms with Gasteiger partial charge in [0.1, 0.15) is 5.01 Å². The molecular formula is C16H17BrN4OS2.